The minimum Gasteiger partial charge on any atom is -0.480 e. The normalized spacial score (nSPS) is 19.1. The van der Waals surface area contributed by atoms with Crippen molar-refractivity contribution in [1.29, 1.82) is 0 Å². The van der Waals surface area contributed by atoms with E-state index in [1.807, 2.05) is 0 Å². The van der Waals surface area contributed by atoms with E-state index in [4.69, 9.17) is 11.2 Å². The minimum absolute atomic E-state index is 0.376. The van der Waals surface area contributed by atoms with Gasteiger partial charge in [-0.1, -0.05) is 5.92 Å². The van der Waals surface area contributed by atoms with Crippen LogP contribution in [0.3, 0.4) is 0 Å². The van der Waals surface area contributed by atoms with Crippen LogP contribution >= 0.6 is 0 Å². The van der Waals surface area contributed by atoms with Crippen molar-refractivity contribution >= 4 is 5.95 Å². The van der Waals surface area contributed by atoms with Gasteiger partial charge < -0.3 is 15.4 Å². The fourth-order valence-electron chi connectivity index (χ4n) is 1.65. The lowest BCUT2D eigenvalue weighted by Crippen LogP contribution is -2.23. The maximum absolute atomic E-state index is 5.30. The molecule has 1 aliphatic rings. The number of nitrogens with zero attached hydrogens (tertiary/aromatic N) is 2. The maximum Gasteiger partial charge on any atom is 0.234 e. The molecule has 2 rings (SSSR count). The summed E-state index contributed by atoms with van der Waals surface area (Å²) in [7, 11) is 1.55. The molecule has 0 amide bonds. The van der Waals surface area contributed by atoms with E-state index in [0.717, 1.165) is 19.5 Å². The van der Waals surface area contributed by atoms with Gasteiger partial charge in [-0.15, -0.1) is 6.42 Å². The van der Waals surface area contributed by atoms with Gasteiger partial charge in [-0.2, -0.15) is 4.98 Å². The molecule has 0 radical (unpaired) electrons. The van der Waals surface area contributed by atoms with E-state index in [2.05, 4.69) is 26.5 Å². The molecule has 84 valence electrons. The average molecular weight is 218 g/mol. The lowest BCUT2D eigenvalue weighted by molar-refractivity contribution is 0.396. The number of hydrogen-bond acceptors (Lipinski definition) is 5. The van der Waals surface area contributed by atoms with Crippen LogP contribution in [0.1, 0.15) is 12.0 Å². The van der Waals surface area contributed by atoms with Gasteiger partial charge in [0.15, 0.2) is 0 Å². The second kappa shape index (κ2) is 4.81. The van der Waals surface area contributed by atoms with Gasteiger partial charge in [0.2, 0.25) is 11.8 Å². The number of anilines is 1. The fourth-order valence-corrected chi connectivity index (χ4v) is 1.65. The molecule has 0 unspecified atom stereocenters. The van der Waals surface area contributed by atoms with Gasteiger partial charge in [0.05, 0.1) is 13.3 Å². The third-order valence-electron chi connectivity index (χ3n) is 2.50. The molecular formula is C11H14N4O. The highest BCUT2D eigenvalue weighted by molar-refractivity contribution is 5.42. The molecule has 2 heterocycles. The number of rotatable bonds is 3. The summed E-state index contributed by atoms with van der Waals surface area (Å²) >= 11 is 0. The van der Waals surface area contributed by atoms with Crippen molar-refractivity contribution in [1.82, 2.24) is 15.3 Å². The SMILES string of the molecule is C#Cc1cnc(N[C@@H]2CCNC2)nc1OC. The molecule has 1 atom stereocenters. The van der Waals surface area contributed by atoms with Crippen molar-refractivity contribution in [2.75, 3.05) is 25.5 Å². The van der Waals surface area contributed by atoms with Crippen molar-refractivity contribution in [3.8, 4) is 18.2 Å². The van der Waals surface area contributed by atoms with Crippen molar-refractivity contribution < 1.29 is 4.74 Å². The first-order chi connectivity index (χ1) is 7.83. The first-order valence-electron chi connectivity index (χ1n) is 5.18. The molecule has 1 aliphatic heterocycles. The summed E-state index contributed by atoms with van der Waals surface area (Å²) in [5, 5.41) is 6.50. The second-order valence-corrected chi connectivity index (χ2v) is 3.59. The molecule has 0 aliphatic carbocycles. The zero-order valence-electron chi connectivity index (χ0n) is 9.16. The van der Waals surface area contributed by atoms with Gasteiger partial charge in [-0.3, -0.25) is 0 Å². The van der Waals surface area contributed by atoms with Crippen LogP contribution in [0.2, 0.25) is 0 Å². The Morgan fingerprint density at radius 1 is 1.69 bits per heavy atom. The third kappa shape index (κ3) is 2.23. The maximum atomic E-state index is 5.30. The molecule has 1 aromatic rings. The van der Waals surface area contributed by atoms with Crippen LogP contribution in [0.15, 0.2) is 6.20 Å². The summed E-state index contributed by atoms with van der Waals surface area (Å²) in [6, 6.07) is 0.376. The molecule has 0 aromatic carbocycles. The summed E-state index contributed by atoms with van der Waals surface area (Å²) < 4.78 is 5.09. The summed E-state index contributed by atoms with van der Waals surface area (Å²) in [5.41, 5.74) is 0.567. The molecular weight excluding hydrogens is 204 g/mol. The van der Waals surface area contributed by atoms with Crippen LogP contribution in [0.4, 0.5) is 5.95 Å². The van der Waals surface area contributed by atoms with Crippen molar-refractivity contribution in [2.24, 2.45) is 0 Å². The minimum atomic E-state index is 0.376. The standard InChI is InChI=1S/C11H14N4O/c1-3-8-6-13-11(15-10(8)16-2)14-9-4-5-12-7-9/h1,6,9,12H,4-5,7H2,2H3,(H,13,14,15)/t9-/m1/s1. The summed E-state index contributed by atoms with van der Waals surface area (Å²) in [5.74, 6) is 3.47. The first kappa shape index (κ1) is 10.7. The fraction of sp³-hybridized carbons (Fsp3) is 0.455. The van der Waals surface area contributed by atoms with Gasteiger partial charge in [0.25, 0.3) is 0 Å². The Bertz CT molecular complexity index is 407. The molecule has 0 spiro atoms. The van der Waals surface area contributed by atoms with E-state index < -0.39 is 0 Å². The molecule has 16 heavy (non-hydrogen) atoms. The zero-order valence-corrected chi connectivity index (χ0v) is 9.16. The van der Waals surface area contributed by atoms with E-state index in [1.54, 1.807) is 13.3 Å². The largest absolute Gasteiger partial charge is 0.480 e. The Balaban J connectivity index is 2.13. The van der Waals surface area contributed by atoms with Crippen LogP contribution in [0.25, 0.3) is 0 Å². The van der Waals surface area contributed by atoms with Gasteiger partial charge in [-0.05, 0) is 13.0 Å². The molecule has 0 bridgehead atoms. The van der Waals surface area contributed by atoms with Crippen molar-refractivity contribution in [2.45, 2.75) is 12.5 Å². The van der Waals surface area contributed by atoms with Crippen LogP contribution < -0.4 is 15.4 Å². The van der Waals surface area contributed by atoms with Crippen molar-refractivity contribution in [3.63, 3.8) is 0 Å². The quantitative estimate of drug-likeness (QED) is 0.712. The highest BCUT2D eigenvalue weighted by Crippen LogP contribution is 2.15. The van der Waals surface area contributed by atoms with E-state index in [9.17, 15) is 0 Å². The summed E-state index contributed by atoms with van der Waals surface area (Å²) in [6.07, 6.45) is 7.97. The molecule has 5 nitrogen and oxygen atoms in total. The first-order valence-corrected chi connectivity index (χ1v) is 5.18. The Morgan fingerprint density at radius 3 is 3.19 bits per heavy atom. The highest BCUT2D eigenvalue weighted by atomic mass is 16.5. The van der Waals surface area contributed by atoms with Gasteiger partial charge in [0, 0.05) is 12.6 Å². The number of nitrogens with one attached hydrogen (secondary N) is 2. The Morgan fingerprint density at radius 2 is 2.56 bits per heavy atom. The molecule has 1 aromatic heterocycles. The number of methoxy groups -OCH3 is 1. The van der Waals surface area contributed by atoms with Gasteiger partial charge in [-0.25, -0.2) is 4.98 Å². The van der Waals surface area contributed by atoms with Crippen molar-refractivity contribution in [3.05, 3.63) is 11.8 Å². The summed E-state index contributed by atoms with van der Waals surface area (Å²) in [6.45, 7) is 1.96. The predicted molar refractivity (Wildman–Crippen MR) is 61.4 cm³/mol. The number of terminal acetylenes is 1. The lowest BCUT2D eigenvalue weighted by atomic mass is 10.3. The molecule has 1 fully saturated rings. The average Bonchev–Trinajstić information content (AvgIpc) is 2.81. The molecule has 5 heteroatoms. The Hall–Kier alpha value is -1.80. The number of ether oxygens (including phenoxy) is 1. The van der Waals surface area contributed by atoms with E-state index in [-0.39, 0.29) is 0 Å². The van der Waals surface area contributed by atoms with E-state index >= 15 is 0 Å². The van der Waals surface area contributed by atoms with Crippen LogP contribution in [-0.4, -0.2) is 36.2 Å². The topological polar surface area (TPSA) is 59.1 Å². The summed E-state index contributed by atoms with van der Waals surface area (Å²) in [4.78, 5) is 8.36. The number of hydrogen-bond donors (Lipinski definition) is 2. The van der Waals surface area contributed by atoms with Crippen LogP contribution in [0.5, 0.6) is 5.88 Å². The predicted octanol–water partition coefficient (Wildman–Crippen LogP) is 0.240. The lowest BCUT2D eigenvalue weighted by Gasteiger charge is -2.11. The highest BCUT2D eigenvalue weighted by Gasteiger charge is 2.15. The molecule has 1 saturated heterocycles. The Labute approximate surface area is 94.6 Å². The van der Waals surface area contributed by atoms with Crippen LogP contribution in [0, 0.1) is 12.3 Å². The second-order valence-electron chi connectivity index (χ2n) is 3.59. The molecule has 0 saturated carbocycles. The van der Waals surface area contributed by atoms with Crippen LogP contribution in [-0.2, 0) is 0 Å². The monoisotopic (exact) mass is 218 g/mol. The number of aromatic nitrogens is 2. The van der Waals surface area contributed by atoms with E-state index in [1.165, 1.54) is 0 Å². The smallest absolute Gasteiger partial charge is 0.234 e. The third-order valence-corrected chi connectivity index (χ3v) is 2.50. The van der Waals surface area contributed by atoms with Gasteiger partial charge >= 0.3 is 0 Å². The van der Waals surface area contributed by atoms with E-state index in [0.29, 0.717) is 23.4 Å². The molecule has 2 N–H and O–H groups in total. The zero-order chi connectivity index (χ0) is 11.4. The Kier molecular flexibility index (Phi) is 3.22. The van der Waals surface area contributed by atoms with Gasteiger partial charge in [0.1, 0.15) is 5.56 Å².